The Morgan fingerprint density at radius 1 is 0.625 bits per heavy atom. The molecule has 3 aliphatic rings. The SMILES string of the molecule is CC1(NC(=S)NCCN(CCNC(=S)NC2(C)CCS(=O)(=O)C2)C(=S)NC2(C)CCS(=O)(=O)C2)CCS(=O)(=O)C1. The van der Waals surface area contributed by atoms with Gasteiger partial charge in [0.15, 0.2) is 44.8 Å². The minimum Gasteiger partial charge on any atom is -0.361 e. The first-order valence-corrected chi connectivity index (χ1v) is 19.7. The highest BCUT2D eigenvalue weighted by Crippen LogP contribution is 2.24. The molecule has 12 nitrogen and oxygen atoms in total. The van der Waals surface area contributed by atoms with E-state index in [0.29, 0.717) is 60.8 Å². The number of hydrogen-bond donors (Lipinski definition) is 5. The predicted molar refractivity (Wildman–Crippen MR) is 170 cm³/mol. The van der Waals surface area contributed by atoms with E-state index in [1.165, 1.54) is 0 Å². The number of thiocarbonyl (C=S) groups is 3. The van der Waals surface area contributed by atoms with E-state index < -0.39 is 46.1 Å². The molecule has 3 aliphatic heterocycles. The van der Waals surface area contributed by atoms with Crippen molar-refractivity contribution in [3.05, 3.63) is 0 Å². The molecule has 0 spiro atoms. The van der Waals surface area contributed by atoms with Crippen LogP contribution in [-0.4, -0.2) is 123 Å². The Balaban J connectivity index is 1.54. The summed E-state index contributed by atoms with van der Waals surface area (Å²) in [6.07, 6.45) is 1.40. The fourth-order valence-electron chi connectivity index (χ4n) is 5.22. The molecule has 3 unspecified atom stereocenters. The summed E-state index contributed by atoms with van der Waals surface area (Å²) in [6, 6.07) is 0. The third kappa shape index (κ3) is 10.0. The quantitative estimate of drug-likeness (QED) is 0.185. The predicted octanol–water partition coefficient (Wildman–Crippen LogP) is -1.18. The van der Waals surface area contributed by atoms with Gasteiger partial charge in [-0.1, -0.05) is 0 Å². The fourth-order valence-corrected chi connectivity index (χ4v) is 12.6. The van der Waals surface area contributed by atoms with Crippen molar-refractivity contribution >= 4 is 81.5 Å². The van der Waals surface area contributed by atoms with Crippen LogP contribution in [0.1, 0.15) is 40.0 Å². The Kier molecular flexibility index (Phi) is 10.2. The molecular weight excluding hydrogens is 637 g/mol. The third-order valence-corrected chi connectivity index (χ3v) is 13.9. The first-order chi connectivity index (χ1) is 18.2. The minimum atomic E-state index is -3.13. The van der Waals surface area contributed by atoms with Crippen LogP contribution in [0.3, 0.4) is 0 Å². The average Bonchev–Trinajstić information content (AvgIpc) is 3.33. The summed E-state index contributed by atoms with van der Waals surface area (Å²) in [6.45, 7) is 7.12. The molecule has 230 valence electrons. The van der Waals surface area contributed by atoms with Crippen LogP contribution in [0.25, 0.3) is 0 Å². The van der Waals surface area contributed by atoms with Crippen LogP contribution in [0, 0.1) is 0 Å². The van der Waals surface area contributed by atoms with Gasteiger partial charge in [0.05, 0.1) is 51.1 Å². The number of hydrogen-bond acceptors (Lipinski definition) is 9. The molecule has 0 aromatic carbocycles. The number of sulfone groups is 3. The molecule has 5 N–H and O–H groups in total. The van der Waals surface area contributed by atoms with Gasteiger partial charge in [0, 0.05) is 26.2 Å². The molecule has 0 aromatic rings. The summed E-state index contributed by atoms with van der Waals surface area (Å²) in [5.74, 6) is 0.391. The van der Waals surface area contributed by atoms with Gasteiger partial charge in [-0.2, -0.15) is 0 Å². The molecule has 0 aliphatic carbocycles. The van der Waals surface area contributed by atoms with Crippen LogP contribution >= 0.6 is 36.7 Å². The molecule has 0 amide bonds. The molecule has 0 radical (unpaired) electrons. The molecule has 3 saturated heterocycles. The zero-order valence-corrected chi connectivity index (χ0v) is 27.9. The van der Waals surface area contributed by atoms with Crippen LogP contribution in [0.2, 0.25) is 0 Å². The van der Waals surface area contributed by atoms with Crippen molar-refractivity contribution < 1.29 is 25.3 Å². The highest BCUT2D eigenvalue weighted by molar-refractivity contribution is 7.92. The van der Waals surface area contributed by atoms with Crippen LogP contribution in [0.5, 0.6) is 0 Å². The average molecular weight is 677 g/mol. The van der Waals surface area contributed by atoms with Gasteiger partial charge >= 0.3 is 0 Å². The lowest BCUT2D eigenvalue weighted by atomic mass is 10.0. The molecule has 0 aromatic heterocycles. The maximum atomic E-state index is 12.1. The van der Waals surface area contributed by atoms with E-state index in [2.05, 4.69) is 26.6 Å². The topological polar surface area (TPSA) is 166 Å². The van der Waals surface area contributed by atoms with Gasteiger partial charge in [0.1, 0.15) is 0 Å². The van der Waals surface area contributed by atoms with E-state index in [1.807, 2.05) is 25.7 Å². The molecule has 3 atom stereocenters. The van der Waals surface area contributed by atoms with Crippen molar-refractivity contribution in [2.24, 2.45) is 0 Å². The molecule has 0 saturated carbocycles. The third-order valence-electron chi connectivity index (χ3n) is 7.37. The molecule has 3 fully saturated rings. The van der Waals surface area contributed by atoms with Crippen LogP contribution < -0.4 is 26.6 Å². The lowest BCUT2D eigenvalue weighted by Gasteiger charge is -2.33. The van der Waals surface area contributed by atoms with E-state index in [9.17, 15) is 25.3 Å². The highest BCUT2D eigenvalue weighted by atomic mass is 32.2. The van der Waals surface area contributed by atoms with Gasteiger partial charge in [-0.3, -0.25) is 0 Å². The van der Waals surface area contributed by atoms with Crippen molar-refractivity contribution in [3.63, 3.8) is 0 Å². The Labute approximate surface area is 254 Å². The lowest BCUT2D eigenvalue weighted by molar-refractivity contribution is 0.381. The monoisotopic (exact) mass is 676 g/mol. The zero-order valence-electron chi connectivity index (χ0n) is 23.0. The molecule has 40 heavy (non-hydrogen) atoms. The summed E-state index contributed by atoms with van der Waals surface area (Å²) < 4.78 is 71.7. The number of nitrogens with one attached hydrogen (secondary N) is 5. The van der Waals surface area contributed by atoms with Gasteiger partial charge in [-0.15, -0.1) is 0 Å². The van der Waals surface area contributed by atoms with E-state index in [4.69, 9.17) is 36.7 Å². The van der Waals surface area contributed by atoms with Gasteiger partial charge < -0.3 is 31.5 Å². The Morgan fingerprint density at radius 3 is 1.25 bits per heavy atom. The van der Waals surface area contributed by atoms with Crippen molar-refractivity contribution in [1.29, 1.82) is 0 Å². The molecule has 18 heteroatoms. The maximum Gasteiger partial charge on any atom is 0.169 e. The van der Waals surface area contributed by atoms with E-state index in [1.54, 1.807) is 0 Å². The van der Waals surface area contributed by atoms with Crippen molar-refractivity contribution in [2.75, 3.05) is 60.7 Å². The van der Waals surface area contributed by atoms with Crippen LogP contribution in [-0.2, 0) is 29.5 Å². The zero-order chi connectivity index (χ0) is 30.0. The summed E-state index contributed by atoms with van der Waals surface area (Å²) in [5, 5.41) is 16.8. The lowest BCUT2D eigenvalue weighted by Crippen LogP contribution is -2.56. The molecular formula is C22H40N6O6S6. The maximum absolute atomic E-state index is 12.1. The first-order valence-electron chi connectivity index (χ1n) is 13.0. The summed E-state index contributed by atoms with van der Waals surface area (Å²) >= 11 is 16.5. The summed E-state index contributed by atoms with van der Waals surface area (Å²) in [4.78, 5) is 1.88. The van der Waals surface area contributed by atoms with Crippen molar-refractivity contribution in [2.45, 2.75) is 56.7 Å². The van der Waals surface area contributed by atoms with Gasteiger partial charge in [0.25, 0.3) is 0 Å². The second-order valence-electron chi connectivity index (χ2n) is 11.9. The van der Waals surface area contributed by atoms with E-state index in [0.717, 1.165) is 0 Å². The van der Waals surface area contributed by atoms with Crippen molar-refractivity contribution in [3.8, 4) is 0 Å². The summed E-state index contributed by atoms with van der Waals surface area (Å²) in [7, 11) is -9.30. The second kappa shape index (κ2) is 12.3. The van der Waals surface area contributed by atoms with Crippen molar-refractivity contribution in [1.82, 2.24) is 31.5 Å². The Hall–Kier alpha value is -1.08. The number of nitrogens with zero attached hydrogens (tertiary/aromatic N) is 1. The number of rotatable bonds is 9. The molecule has 3 rings (SSSR count). The Bertz CT molecular complexity index is 1270. The van der Waals surface area contributed by atoms with Gasteiger partial charge in [-0.25, -0.2) is 25.3 Å². The fraction of sp³-hybridized carbons (Fsp3) is 0.864. The molecule has 0 bridgehead atoms. The standard InChI is InChI=1S/C22H40N6O6S6/c1-20(4-11-38(29,30)14-20)25-17(35)23-7-9-28(19(37)27-22(3)6-13-40(33,34)16-22)10-8-24-18(36)26-21(2)5-12-39(31,32)15-21/h4-16H2,1-3H3,(H,27,37)(H2,23,25,35)(H2,24,26,36). The first kappa shape index (κ1) is 33.4. The van der Waals surface area contributed by atoms with Crippen LogP contribution in [0.15, 0.2) is 0 Å². The minimum absolute atomic E-state index is 0.00449. The summed E-state index contributed by atoms with van der Waals surface area (Å²) in [5.41, 5.74) is -1.91. The van der Waals surface area contributed by atoms with E-state index in [-0.39, 0.29) is 34.5 Å². The smallest absolute Gasteiger partial charge is 0.169 e. The van der Waals surface area contributed by atoms with E-state index >= 15 is 0 Å². The van der Waals surface area contributed by atoms with Crippen LogP contribution in [0.4, 0.5) is 0 Å². The Morgan fingerprint density at radius 2 is 0.950 bits per heavy atom. The normalized spacial score (nSPS) is 31.7. The van der Waals surface area contributed by atoms with Gasteiger partial charge in [-0.05, 0) is 76.7 Å². The second-order valence-corrected chi connectivity index (χ2v) is 19.6. The largest absolute Gasteiger partial charge is 0.361 e. The molecule has 3 heterocycles. The van der Waals surface area contributed by atoms with Gasteiger partial charge in [0.2, 0.25) is 0 Å². The highest BCUT2D eigenvalue weighted by Gasteiger charge is 2.41.